The third kappa shape index (κ3) is 4.19. The highest BCUT2D eigenvalue weighted by atomic mass is 16.5. The number of rotatable bonds is 7. The lowest BCUT2D eigenvalue weighted by Gasteiger charge is -2.20. The summed E-state index contributed by atoms with van der Waals surface area (Å²) < 4.78 is 5.44. The van der Waals surface area contributed by atoms with Crippen molar-refractivity contribution in [1.82, 2.24) is 0 Å². The number of phenolic OH excluding ortho intramolecular Hbond substituents is 2. The molecule has 3 nitrogen and oxygen atoms in total. The first kappa shape index (κ1) is 17.2. The summed E-state index contributed by atoms with van der Waals surface area (Å²) in [4.78, 5) is 0. The summed E-state index contributed by atoms with van der Waals surface area (Å²) in [5.41, 5.74) is 3.08. The fraction of sp³-hybridized carbons (Fsp3) is 0.400. The summed E-state index contributed by atoms with van der Waals surface area (Å²) >= 11 is 0. The standard InChI is InChI=1S/C20H26O3/c1-4-5-6-7-17(18-11-10-16(21)13-19(18)22)15-9-8-14(2)20(12-15)23-3/h8-13,17,21-22H,4-7H2,1-3H3. The van der Waals surface area contributed by atoms with Gasteiger partial charge in [0.1, 0.15) is 17.2 Å². The Hall–Kier alpha value is -2.16. The van der Waals surface area contributed by atoms with Crippen molar-refractivity contribution in [3.8, 4) is 17.2 Å². The minimum atomic E-state index is 0.0834. The second kappa shape index (κ2) is 7.91. The fourth-order valence-electron chi connectivity index (χ4n) is 2.98. The molecule has 3 heteroatoms. The molecule has 0 saturated carbocycles. The van der Waals surface area contributed by atoms with E-state index in [1.807, 2.05) is 13.0 Å². The maximum absolute atomic E-state index is 10.3. The number of hydrogen-bond donors (Lipinski definition) is 2. The van der Waals surface area contributed by atoms with Crippen LogP contribution in [-0.2, 0) is 0 Å². The van der Waals surface area contributed by atoms with Gasteiger partial charge in [0.05, 0.1) is 7.11 Å². The van der Waals surface area contributed by atoms with Crippen LogP contribution >= 0.6 is 0 Å². The van der Waals surface area contributed by atoms with Crippen LogP contribution in [-0.4, -0.2) is 17.3 Å². The van der Waals surface area contributed by atoms with Gasteiger partial charge in [-0.3, -0.25) is 0 Å². The first-order valence-corrected chi connectivity index (χ1v) is 8.23. The zero-order valence-corrected chi connectivity index (χ0v) is 14.2. The number of benzene rings is 2. The molecule has 0 amide bonds. The molecular formula is C20H26O3. The van der Waals surface area contributed by atoms with Crippen LogP contribution in [0, 0.1) is 6.92 Å². The lowest BCUT2D eigenvalue weighted by atomic mass is 9.85. The SMILES string of the molecule is CCCCCC(c1ccc(C)c(OC)c1)c1ccc(O)cc1O. The molecule has 1 atom stereocenters. The number of phenols is 2. The molecule has 0 bridgehead atoms. The van der Waals surface area contributed by atoms with Gasteiger partial charge in [-0.05, 0) is 36.6 Å². The monoisotopic (exact) mass is 314 g/mol. The molecule has 0 aromatic heterocycles. The topological polar surface area (TPSA) is 49.7 Å². The predicted molar refractivity (Wildman–Crippen MR) is 93.5 cm³/mol. The molecule has 2 aromatic rings. The molecule has 0 radical (unpaired) electrons. The van der Waals surface area contributed by atoms with Gasteiger partial charge in [-0.15, -0.1) is 0 Å². The van der Waals surface area contributed by atoms with Gasteiger partial charge in [-0.25, -0.2) is 0 Å². The van der Waals surface area contributed by atoms with E-state index >= 15 is 0 Å². The van der Waals surface area contributed by atoms with E-state index in [1.165, 1.54) is 12.5 Å². The minimum Gasteiger partial charge on any atom is -0.508 e. The highest BCUT2D eigenvalue weighted by Crippen LogP contribution is 2.38. The summed E-state index contributed by atoms with van der Waals surface area (Å²) in [5.74, 6) is 1.18. The van der Waals surface area contributed by atoms with E-state index in [-0.39, 0.29) is 17.4 Å². The maximum Gasteiger partial charge on any atom is 0.123 e. The van der Waals surface area contributed by atoms with Crippen molar-refractivity contribution < 1.29 is 14.9 Å². The number of hydrogen-bond acceptors (Lipinski definition) is 3. The summed E-state index contributed by atoms with van der Waals surface area (Å²) in [6, 6.07) is 11.1. The third-order valence-corrected chi connectivity index (χ3v) is 4.32. The third-order valence-electron chi connectivity index (χ3n) is 4.32. The van der Waals surface area contributed by atoms with Crippen LogP contribution in [0.5, 0.6) is 17.2 Å². The Bertz CT molecular complexity index is 649. The van der Waals surface area contributed by atoms with Crippen LogP contribution in [0.3, 0.4) is 0 Å². The van der Waals surface area contributed by atoms with Gasteiger partial charge in [0.15, 0.2) is 0 Å². The highest BCUT2D eigenvalue weighted by Gasteiger charge is 2.19. The summed E-state index contributed by atoms with van der Waals surface area (Å²) in [5, 5.41) is 19.8. The van der Waals surface area contributed by atoms with Gasteiger partial charge in [-0.1, -0.05) is 44.4 Å². The van der Waals surface area contributed by atoms with Crippen molar-refractivity contribution in [3.05, 3.63) is 53.1 Å². The molecule has 23 heavy (non-hydrogen) atoms. The van der Waals surface area contributed by atoms with E-state index in [0.717, 1.165) is 41.7 Å². The van der Waals surface area contributed by atoms with Gasteiger partial charge in [0.25, 0.3) is 0 Å². The van der Waals surface area contributed by atoms with Crippen LogP contribution in [0.1, 0.15) is 55.2 Å². The Morgan fingerprint density at radius 3 is 2.48 bits per heavy atom. The van der Waals surface area contributed by atoms with E-state index in [2.05, 4.69) is 25.1 Å². The van der Waals surface area contributed by atoms with E-state index in [1.54, 1.807) is 13.2 Å². The number of aryl methyl sites for hydroxylation is 1. The molecule has 0 aliphatic heterocycles. The minimum absolute atomic E-state index is 0.0834. The molecule has 2 aromatic carbocycles. The van der Waals surface area contributed by atoms with E-state index in [9.17, 15) is 10.2 Å². The molecule has 124 valence electrons. The maximum atomic E-state index is 10.3. The summed E-state index contributed by atoms with van der Waals surface area (Å²) in [7, 11) is 1.68. The Balaban J connectivity index is 2.41. The summed E-state index contributed by atoms with van der Waals surface area (Å²) in [6.07, 6.45) is 4.37. The highest BCUT2D eigenvalue weighted by molar-refractivity contribution is 5.47. The van der Waals surface area contributed by atoms with Gasteiger partial charge in [0.2, 0.25) is 0 Å². The Morgan fingerprint density at radius 1 is 1.04 bits per heavy atom. The largest absolute Gasteiger partial charge is 0.508 e. The van der Waals surface area contributed by atoms with Crippen molar-refractivity contribution in [2.75, 3.05) is 7.11 Å². The number of unbranched alkanes of at least 4 members (excludes halogenated alkanes) is 2. The van der Waals surface area contributed by atoms with Crippen LogP contribution in [0.15, 0.2) is 36.4 Å². The van der Waals surface area contributed by atoms with Crippen LogP contribution in [0.4, 0.5) is 0 Å². The van der Waals surface area contributed by atoms with Crippen molar-refractivity contribution in [2.24, 2.45) is 0 Å². The number of aromatic hydroxyl groups is 2. The van der Waals surface area contributed by atoms with Crippen molar-refractivity contribution in [2.45, 2.75) is 45.4 Å². The normalized spacial score (nSPS) is 12.1. The lowest BCUT2D eigenvalue weighted by molar-refractivity contribution is 0.410. The van der Waals surface area contributed by atoms with Gasteiger partial charge in [0, 0.05) is 17.5 Å². The second-order valence-electron chi connectivity index (χ2n) is 6.02. The first-order chi connectivity index (χ1) is 11.1. The van der Waals surface area contributed by atoms with Gasteiger partial charge in [-0.2, -0.15) is 0 Å². The Kier molecular flexibility index (Phi) is 5.91. The average Bonchev–Trinajstić information content (AvgIpc) is 2.53. The lowest BCUT2D eigenvalue weighted by Crippen LogP contribution is -2.03. The van der Waals surface area contributed by atoms with E-state index in [0.29, 0.717) is 0 Å². The van der Waals surface area contributed by atoms with Gasteiger partial charge >= 0.3 is 0 Å². The predicted octanol–water partition coefficient (Wildman–Crippen LogP) is 5.13. The zero-order chi connectivity index (χ0) is 16.8. The van der Waals surface area contributed by atoms with Crippen LogP contribution < -0.4 is 4.74 Å². The summed E-state index contributed by atoms with van der Waals surface area (Å²) in [6.45, 7) is 4.20. The smallest absolute Gasteiger partial charge is 0.123 e. The Morgan fingerprint density at radius 2 is 1.83 bits per heavy atom. The number of ether oxygens (including phenoxy) is 1. The van der Waals surface area contributed by atoms with Crippen molar-refractivity contribution in [3.63, 3.8) is 0 Å². The van der Waals surface area contributed by atoms with Crippen molar-refractivity contribution >= 4 is 0 Å². The second-order valence-corrected chi connectivity index (χ2v) is 6.02. The molecule has 0 spiro atoms. The number of methoxy groups -OCH3 is 1. The Labute approximate surface area is 138 Å². The van der Waals surface area contributed by atoms with Crippen LogP contribution in [0.25, 0.3) is 0 Å². The average molecular weight is 314 g/mol. The molecule has 0 saturated heterocycles. The van der Waals surface area contributed by atoms with Crippen molar-refractivity contribution in [1.29, 1.82) is 0 Å². The molecular weight excluding hydrogens is 288 g/mol. The van der Waals surface area contributed by atoms with E-state index < -0.39 is 0 Å². The molecule has 1 unspecified atom stereocenters. The quantitative estimate of drug-likeness (QED) is 0.697. The van der Waals surface area contributed by atoms with Gasteiger partial charge < -0.3 is 14.9 Å². The molecule has 2 N–H and O–H groups in total. The molecule has 0 heterocycles. The van der Waals surface area contributed by atoms with E-state index in [4.69, 9.17) is 4.74 Å². The fourth-order valence-corrected chi connectivity index (χ4v) is 2.98. The first-order valence-electron chi connectivity index (χ1n) is 8.23. The molecule has 0 fully saturated rings. The van der Waals surface area contributed by atoms with Crippen LogP contribution in [0.2, 0.25) is 0 Å². The molecule has 0 aliphatic rings. The zero-order valence-electron chi connectivity index (χ0n) is 14.2. The molecule has 2 rings (SSSR count). The molecule has 0 aliphatic carbocycles.